The van der Waals surface area contributed by atoms with Crippen molar-refractivity contribution in [1.29, 1.82) is 0 Å². The summed E-state index contributed by atoms with van der Waals surface area (Å²) in [5.74, 6) is 5.18. The average Bonchev–Trinajstić information content (AvgIpc) is 2.48. The second kappa shape index (κ2) is 7.64. The summed E-state index contributed by atoms with van der Waals surface area (Å²) in [4.78, 5) is 24.0. The molecule has 1 fully saturated rings. The zero-order chi connectivity index (χ0) is 15.1. The van der Waals surface area contributed by atoms with Gasteiger partial charge in [0.25, 0.3) is 0 Å². The molecule has 1 aliphatic carbocycles. The van der Waals surface area contributed by atoms with E-state index in [1.165, 1.54) is 0 Å². The van der Waals surface area contributed by atoms with Crippen molar-refractivity contribution in [3.8, 4) is 11.8 Å². The third-order valence-electron chi connectivity index (χ3n) is 3.73. The molecule has 1 saturated carbocycles. The van der Waals surface area contributed by atoms with Crippen molar-refractivity contribution in [3.05, 3.63) is 35.9 Å². The maximum absolute atomic E-state index is 12.0. The lowest BCUT2D eigenvalue weighted by Gasteiger charge is -2.27. The lowest BCUT2D eigenvalue weighted by Crippen LogP contribution is -2.36. The maximum Gasteiger partial charge on any atom is 0.316 e. The SMILES string of the molecule is CCOC(=O)C1C(=O)CCCC1CC#Cc1ccccc1. The highest BCUT2D eigenvalue weighted by Crippen LogP contribution is 2.30. The Morgan fingerprint density at radius 2 is 2.10 bits per heavy atom. The Labute approximate surface area is 125 Å². The fourth-order valence-electron chi connectivity index (χ4n) is 2.71. The summed E-state index contributed by atoms with van der Waals surface area (Å²) in [7, 11) is 0. The van der Waals surface area contributed by atoms with Crippen molar-refractivity contribution in [2.45, 2.75) is 32.6 Å². The van der Waals surface area contributed by atoms with Gasteiger partial charge in [-0.05, 0) is 37.8 Å². The Kier molecular flexibility index (Phi) is 5.57. The van der Waals surface area contributed by atoms with Crippen molar-refractivity contribution in [2.75, 3.05) is 6.61 Å². The number of rotatable bonds is 3. The van der Waals surface area contributed by atoms with E-state index in [2.05, 4.69) is 11.8 Å². The van der Waals surface area contributed by atoms with E-state index in [0.29, 0.717) is 19.4 Å². The van der Waals surface area contributed by atoms with E-state index in [1.807, 2.05) is 30.3 Å². The van der Waals surface area contributed by atoms with Gasteiger partial charge in [0, 0.05) is 18.4 Å². The predicted octanol–water partition coefficient (Wildman–Crippen LogP) is 2.98. The summed E-state index contributed by atoms with van der Waals surface area (Å²) in [5, 5.41) is 0. The second-order valence-electron chi connectivity index (χ2n) is 5.22. The largest absolute Gasteiger partial charge is 0.465 e. The number of carbonyl (C=O) groups excluding carboxylic acids is 2. The van der Waals surface area contributed by atoms with Crippen molar-refractivity contribution in [2.24, 2.45) is 11.8 Å². The molecule has 0 aliphatic heterocycles. The second-order valence-corrected chi connectivity index (χ2v) is 5.22. The molecule has 2 rings (SSSR count). The Balaban J connectivity index is 2.04. The normalized spacial score (nSPS) is 21.3. The first-order valence-corrected chi connectivity index (χ1v) is 7.45. The summed E-state index contributed by atoms with van der Waals surface area (Å²) in [6.07, 6.45) is 2.74. The zero-order valence-corrected chi connectivity index (χ0v) is 12.3. The van der Waals surface area contributed by atoms with Gasteiger partial charge in [-0.15, -0.1) is 0 Å². The molecule has 3 heteroatoms. The van der Waals surface area contributed by atoms with Gasteiger partial charge in [0.15, 0.2) is 0 Å². The van der Waals surface area contributed by atoms with E-state index in [4.69, 9.17) is 4.74 Å². The Bertz CT molecular complexity index is 551. The number of ether oxygens (including phenoxy) is 1. The van der Waals surface area contributed by atoms with Crippen LogP contribution in [0.15, 0.2) is 30.3 Å². The molecular formula is C18H20O3. The van der Waals surface area contributed by atoms with Crippen molar-refractivity contribution >= 4 is 11.8 Å². The van der Waals surface area contributed by atoms with Gasteiger partial charge in [-0.1, -0.05) is 30.0 Å². The molecule has 3 nitrogen and oxygen atoms in total. The van der Waals surface area contributed by atoms with Gasteiger partial charge in [-0.3, -0.25) is 9.59 Å². The highest BCUT2D eigenvalue weighted by molar-refractivity contribution is 5.99. The topological polar surface area (TPSA) is 43.4 Å². The Morgan fingerprint density at radius 3 is 2.81 bits per heavy atom. The van der Waals surface area contributed by atoms with Gasteiger partial charge >= 0.3 is 5.97 Å². The maximum atomic E-state index is 12.0. The highest BCUT2D eigenvalue weighted by Gasteiger charge is 2.37. The van der Waals surface area contributed by atoms with Crippen LogP contribution in [0, 0.1) is 23.7 Å². The van der Waals surface area contributed by atoms with Crippen LogP contribution < -0.4 is 0 Å². The lowest BCUT2D eigenvalue weighted by molar-refractivity contribution is -0.155. The molecule has 1 aromatic rings. The molecular weight excluding hydrogens is 264 g/mol. The number of ketones is 1. The fourth-order valence-corrected chi connectivity index (χ4v) is 2.71. The monoisotopic (exact) mass is 284 g/mol. The molecule has 2 atom stereocenters. The molecule has 1 aliphatic rings. The van der Waals surface area contributed by atoms with Crippen LogP contribution in [0.25, 0.3) is 0 Å². The van der Waals surface area contributed by atoms with Crippen LogP contribution in [0.1, 0.15) is 38.2 Å². The van der Waals surface area contributed by atoms with E-state index in [-0.39, 0.29) is 17.7 Å². The van der Waals surface area contributed by atoms with Crippen molar-refractivity contribution in [3.63, 3.8) is 0 Å². The van der Waals surface area contributed by atoms with Crippen LogP contribution >= 0.6 is 0 Å². The Morgan fingerprint density at radius 1 is 1.33 bits per heavy atom. The third kappa shape index (κ3) is 4.19. The van der Waals surface area contributed by atoms with Crippen LogP contribution in [0.3, 0.4) is 0 Å². The zero-order valence-electron chi connectivity index (χ0n) is 12.3. The number of hydrogen-bond acceptors (Lipinski definition) is 3. The Hall–Kier alpha value is -2.08. The summed E-state index contributed by atoms with van der Waals surface area (Å²) >= 11 is 0. The highest BCUT2D eigenvalue weighted by atomic mass is 16.5. The molecule has 1 aromatic carbocycles. The third-order valence-corrected chi connectivity index (χ3v) is 3.73. The lowest BCUT2D eigenvalue weighted by atomic mass is 9.76. The van der Waals surface area contributed by atoms with Crippen molar-refractivity contribution in [1.82, 2.24) is 0 Å². The van der Waals surface area contributed by atoms with Crippen LogP contribution in [-0.4, -0.2) is 18.4 Å². The first kappa shape index (κ1) is 15.3. The van der Waals surface area contributed by atoms with E-state index in [1.54, 1.807) is 6.92 Å². The standard InChI is InChI=1S/C18H20O3/c1-2-21-18(20)17-15(12-7-13-16(17)19)11-6-10-14-8-4-3-5-9-14/h3-5,8-9,15,17H,2,7,11-13H2,1H3. The van der Waals surface area contributed by atoms with Crippen molar-refractivity contribution < 1.29 is 14.3 Å². The summed E-state index contributed by atoms with van der Waals surface area (Å²) < 4.78 is 5.04. The predicted molar refractivity (Wildman–Crippen MR) is 80.4 cm³/mol. The molecule has 0 amide bonds. The molecule has 0 saturated heterocycles. The van der Waals surface area contributed by atoms with Crippen LogP contribution in [0.4, 0.5) is 0 Å². The quantitative estimate of drug-likeness (QED) is 0.487. The van der Waals surface area contributed by atoms with E-state index < -0.39 is 5.92 Å². The fraction of sp³-hybridized carbons (Fsp3) is 0.444. The van der Waals surface area contributed by atoms with Gasteiger partial charge in [0.2, 0.25) is 0 Å². The molecule has 0 aromatic heterocycles. The molecule has 0 heterocycles. The van der Waals surface area contributed by atoms with E-state index >= 15 is 0 Å². The average molecular weight is 284 g/mol. The summed E-state index contributed by atoms with van der Waals surface area (Å²) in [5.41, 5.74) is 0.951. The minimum Gasteiger partial charge on any atom is -0.465 e. The molecule has 0 spiro atoms. The molecule has 0 bridgehead atoms. The smallest absolute Gasteiger partial charge is 0.316 e. The summed E-state index contributed by atoms with van der Waals surface area (Å²) in [6.45, 7) is 2.07. The molecule has 110 valence electrons. The van der Waals surface area contributed by atoms with Crippen LogP contribution in [-0.2, 0) is 14.3 Å². The summed E-state index contributed by atoms with van der Waals surface area (Å²) in [6, 6.07) is 9.72. The molecule has 0 N–H and O–H groups in total. The minimum atomic E-state index is -0.622. The molecule has 2 unspecified atom stereocenters. The van der Waals surface area contributed by atoms with Gasteiger partial charge < -0.3 is 4.74 Å². The number of hydrogen-bond donors (Lipinski definition) is 0. The first-order valence-electron chi connectivity index (χ1n) is 7.45. The molecule has 0 radical (unpaired) electrons. The van der Waals surface area contributed by atoms with Gasteiger partial charge in [-0.25, -0.2) is 0 Å². The van der Waals surface area contributed by atoms with Gasteiger partial charge in [0.1, 0.15) is 11.7 Å². The van der Waals surface area contributed by atoms with Crippen LogP contribution in [0.5, 0.6) is 0 Å². The van der Waals surface area contributed by atoms with E-state index in [9.17, 15) is 9.59 Å². The first-order chi connectivity index (χ1) is 10.2. The van der Waals surface area contributed by atoms with E-state index in [0.717, 1.165) is 18.4 Å². The number of benzene rings is 1. The number of esters is 1. The number of Topliss-reactive ketones (excluding diaryl/α,β-unsaturated/α-hetero) is 1. The number of carbonyl (C=O) groups is 2. The van der Waals surface area contributed by atoms with Gasteiger partial charge in [0.05, 0.1) is 6.61 Å². The minimum absolute atomic E-state index is 0.00575. The van der Waals surface area contributed by atoms with Gasteiger partial charge in [-0.2, -0.15) is 0 Å². The molecule has 21 heavy (non-hydrogen) atoms. The van der Waals surface area contributed by atoms with Crippen LogP contribution in [0.2, 0.25) is 0 Å².